The summed E-state index contributed by atoms with van der Waals surface area (Å²) in [4.78, 5) is 0. The van der Waals surface area contributed by atoms with Crippen molar-refractivity contribution in [3.05, 3.63) is 154 Å². The minimum atomic E-state index is -0.389. The van der Waals surface area contributed by atoms with Crippen LogP contribution in [-0.4, -0.2) is 0 Å². The lowest BCUT2D eigenvalue weighted by Crippen LogP contribution is -2.30. The van der Waals surface area contributed by atoms with E-state index in [9.17, 15) is 0 Å². The van der Waals surface area contributed by atoms with Gasteiger partial charge in [-0.15, -0.1) is 0 Å². The maximum atomic E-state index is 2.39. The predicted molar refractivity (Wildman–Crippen MR) is 153 cm³/mol. The van der Waals surface area contributed by atoms with Crippen molar-refractivity contribution in [2.75, 3.05) is 0 Å². The van der Waals surface area contributed by atoms with Crippen LogP contribution in [0.2, 0.25) is 0 Å². The van der Waals surface area contributed by atoms with Crippen molar-refractivity contribution in [2.45, 2.75) is 26.2 Å². The van der Waals surface area contributed by atoms with E-state index in [-0.39, 0.29) is 5.41 Å². The van der Waals surface area contributed by atoms with Crippen LogP contribution in [-0.2, 0) is 5.41 Å². The Morgan fingerprint density at radius 3 is 1.58 bits per heavy atom. The van der Waals surface area contributed by atoms with Gasteiger partial charge in [-0.3, -0.25) is 0 Å². The first-order chi connectivity index (χ1) is 17.6. The van der Waals surface area contributed by atoms with Gasteiger partial charge in [0.15, 0.2) is 0 Å². The van der Waals surface area contributed by atoms with Gasteiger partial charge in [0.2, 0.25) is 0 Å². The van der Waals surface area contributed by atoms with Crippen LogP contribution >= 0.6 is 0 Å². The first kappa shape index (κ1) is 21.1. The quantitative estimate of drug-likeness (QED) is 0.241. The van der Waals surface area contributed by atoms with Crippen molar-refractivity contribution >= 4 is 21.5 Å². The fourth-order valence-electron chi connectivity index (χ4n) is 6.90. The zero-order valence-electron chi connectivity index (χ0n) is 21.0. The molecule has 0 spiro atoms. The molecule has 36 heavy (non-hydrogen) atoms. The number of rotatable bonds is 2. The Balaban J connectivity index is 1.72. The van der Waals surface area contributed by atoms with E-state index in [2.05, 4.69) is 136 Å². The SMILES string of the molecule is Cc1cccc2c1-c1ccccc1C2(c1ccc2ccccc2c1C)c1ccc2ccccc2c1C. The van der Waals surface area contributed by atoms with Gasteiger partial charge in [-0.1, -0.05) is 115 Å². The highest BCUT2D eigenvalue weighted by Gasteiger charge is 2.48. The predicted octanol–water partition coefficient (Wildman–Crippen LogP) is 9.28. The molecule has 6 aromatic carbocycles. The summed E-state index contributed by atoms with van der Waals surface area (Å²) in [6.07, 6.45) is 0. The summed E-state index contributed by atoms with van der Waals surface area (Å²) in [7, 11) is 0. The third kappa shape index (κ3) is 2.65. The van der Waals surface area contributed by atoms with E-state index in [1.807, 2.05) is 0 Å². The second-order valence-corrected chi connectivity index (χ2v) is 10.2. The molecule has 0 amide bonds. The average Bonchev–Trinajstić information content (AvgIpc) is 3.21. The molecule has 0 N–H and O–H groups in total. The molecule has 1 aliphatic rings. The lowest BCUT2D eigenvalue weighted by atomic mass is 9.64. The molecule has 0 aromatic heterocycles. The summed E-state index contributed by atoms with van der Waals surface area (Å²) < 4.78 is 0. The van der Waals surface area contributed by atoms with Crippen molar-refractivity contribution in [2.24, 2.45) is 0 Å². The summed E-state index contributed by atoms with van der Waals surface area (Å²) in [6.45, 7) is 6.88. The lowest BCUT2D eigenvalue weighted by Gasteiger charge is -2.37. The van der Waals surface area contributed by atoms with E-state index in [0.29, 0.717) is 0 Å². The second-order valence-electron chi connectivity index (χ2n) is 10.2. The zero-order chi connectivity index (χ0) is 24.4. The van der Waals surface area contributed by atoms with E-state index < -0.39 is 0 Å². The molecular weight excluding hydrogens is 432 g/mol. The number of hydrogen-bond acceptors (Lipinski definition) is 0. The summed E-state index contributed by atoms with van der Waals surface area (Å²) in [6, 6.07) is 42.9. The Labute approximate surface area is 212 Å². The lowest BCUT2D eigenvalue weighted by molar-refractivity contribution is 0.757. The van der Waals surface area contributed by atoms with Crippen molar-refractivity contribution in [1.29, 1.82) is 0 Å². The number of fused-ring (bicyclic) bond motifs is 5. The largest absolute Gasteiger partial charge is 0.0719 e. The van der Waals surface area contributed by atoms with Gasteiger partial charge in [-0.05, 0) is 92.4 Å². The second kappa shape index (κ2) is 7.67. The van der Waals surface area contributed by atoms with E-state index in [0.717, 1.165) is 0 Å². The van der Waals surface area contributed by atoms with Crippen LogP contribution < -0.4 is 0 Å². The Morgan fingerprint density at radius 1 is 0.417 bits per heavy atom. The third-order valence-electron chi connectivity index (χ3n) is 8.48. The molecule has 0 nitrogen and oxygen atoms in total. The van der Waals surface area contributed by atoms with Crippen molar-refractivity contribution in [3.8, 4) is 11.1 Å². The molecule has 0 fully saturated rings. The number of aryl methyl sites for hydroxylation is 3. The molecule has 172 valence electrons. The highest BCUT2D eigenvalue weighted by atomic mass is 14.5. The van der Waals surface area contributed by atoms with Crippen LogP contribution in [0, 0.1) is 20.8 Å². The molecule has 6 aromatic rings. The Hall–Kier alpha value is -4.16. The molecule has 1 aliphatic carbocycles. The fourth-order valence-corrected chi connectivity index (χ4v) is 6.90. The molecule has 0 heterocycles. The first-order valence-electron chi connectivity index (χ1n) is 12.8. The minimum absolute atomic E-state index is 0.389. The maximum absolute atomic E-state index is 2.39. The number of benzene rings is 6. The molecule has 0 unspecified atom stereocenters. The van der Waals surface area contributed by atoms with Crippen LogP contribution in [0.3, 0.4) is 0 Å². The van der Waals surface area contributed by atoms with Gasteiger partial charge in [0.25, 0.3) is 0 Å². The summed E-state index contributed by atoms with van der Waals surface area (Å²) in [5.41, 5.74) is 11.9. The normalized spacial score (nSPS) is 13.6. The van der Waals surface area contributed by atoms with E-state index in [1.165, 1.54) is 71.6 Å². The topological polar surface area (TPSA) is 0 Å². The first-order valence-corrected chi connectivity index (χ1v) is 12.8. The van der Waals surface area contributed by atoms with Crippen molar-refractivity contribution < 1.29 is 0 Å². The van der Waals surface area contributed by atoms with Gasteiger partial charge < -0.3 is 0 Å². The van der Waals surface area contributed by atoms with Crippen LogP contribution in [0.4, 0.5) is 0 Å². The molecule has 0 bridgehead atoms. The summed E-state index contributed by atoms with van der Waals surface area (Å²) in [5, 5.41) is 5.23. The average molecular weight is 461 g/mol. The Morgan fingerprint density at radius 2 is 0.944 bits per heavy atom. The smallest absolute Gasteiger partial charge is 0.0619 e. The van der Waals surface area contributed by atoms with Gasteiger partial charge >= 0.3 is 0 Å². The maximum Gasteiger partial charge on any atom is 0.0719 e. The molecule has 0 saturated carbocycles. The highest BCUT2D eigenvalue weighted by molar-refractivity contribution is 5.95. The minimum Gasteiger partial charge on any atom is -0.0619 e. The molecule has 0 atom stereocenters. The molecule has 0 heteroatoms. The van der Waals surface area contributed by atoms with Gasteiger partial charge in [-0.25, -0.2) is 0 Å². The van der Waals surface area contributed by atoms with E-state index in [4.69, 9.17) is 0 Å². The van der Waals surface area contributed by atoms with Crippen LogP contribution in [0.15, 0.2) is 115 Å². The van der Waals surface area contributed by atoms with Gasteiger partial charge in [-0.2, -0.15) is 0 Å². The Kier molecular flexibility index (Phi) is 4.51. The Bertz CT molecular complexity index is 1730. The van der Waals surface area contributed by atoms with Crippen molar-refractivity contribution in [3.63, 3.8) is 0 Å². The van der Waals surface area contributed by atoms with Crippen LogP contribution in [0.25, 0.3) is 32.7 Å². The molecule has 0 saturated heterocycles. The fraction of sp³-hybridized carbons (Fsp3) is 0.111. The van der Waals surface area contributed by atoms with Gasteiger partial charge in [0.1, 0.15) is 0 Å². The highest BCUT2D eigenvalue weighted by Crippen LogP contribution is 2.58. The summed E-state index contributed by atoms with van der Waals surface area (Å²) in [5.74, 6) is 0. The molecule has 0 aliphatic heterocycles. The molecule has 7 rings (SSSR count). The van der Waals surface area contributed by atoms with Gasteiger partial charge in [0.05, 0.1) is 5.41 Å². The molecule has 0 radical (unpaired) electrons. The summed E-state index contributed by atoms with van der Waals surface area (Å²) >= 11 is 0. The zero-order valence-corrected chi connectivity index (χ0v) is 21.0. The van der Waals surface area contributed by atoms with E-state index in [1.54, 1.807) is 0 Å². The monoisotopic (exact) mass is 460 g/mol. The third-order valence-corrected chi connectivity index (χ3v) is 8.48. The van der Waals surface area contributed by atoms with Crippen LogP contribution in [0.1, 0.15) is 38.9 Å². The standard InChI is InChI=1S/C36H28/c1-23-11-10-18-34-35(23)30-16-8-9-17-33(30)36(34,31-21-19-26-12-4-6-14-28(26)24(31)2)32-22-20-27-13-5-7-15-29(27)25(32)3/h4-22H,1-3H3. The van der Waals surface area contributed by atoms with E-state index >= 15 is 0 Å². The molecular formula is C36H28. The van der Waals surface area contributed by atoms with Crippen molar-refractivity contribution in [1.82, 2.24) is 0 Å². The van der Waals surface area contributed by atoms with Crippen LogP contribution in [0.5, 0.6) is 0 Å². The van der Waals surface area contributed by atoms with Gasteiger partial charge in [0, 0.05) is 0 Å². The number of hydrogen-bond donors (Lipinski definition) is 0.